The quantitative estimate of drug-likeness (QED) is 0.651. The summed E-state index contributed by atoms with van der Waals surface area (Å²) in [5.74, 6) is -0.607. The van der Waals surface area contributed by atoms with Crippen LogP contribution in [0.3, 0.4) is 0 Å². The monoisotopic (exact) mass is 419 g/mol. The molecule has 2 aromatic carbocycles. The van der Waals surface area contributed by atoms with Gasteiger partial charge in [0.15, 0.2) is 0 Å². The molecule has 0 bridgehead atoms. The number of carbonyl (C=O) groups is 1. The summed E-state index contributed by atoms with van der Waals surface area (Å²) in [4.78, 5) is 17.1. The fourth-order valence-corrected chi connectivity index (χ4v) is 4.75. The smallest absolute Gasteiger partial charge is 0.248 e. The number of ether oxygens (including phenoxy) is 1. The molecule has 0 spiro atoms. The zero-order valence-electron chi connectivity index (χ0n) is 17.4. The topological polar surface area (TPSA) is 71.4 Å². The Morgan fingerprint density at radius 3 is 2.94 bits per heavy atom. The number of hydrogen-bond acceptors (Lipinski definition) is 3. The molecule has 160 valence electrons. The number of aromatic amines is 1. The summed E-state index contributed by atoms with van der Waals surface area (Å²) in [6, 6.07) is 10.6. The number of H-pyrrole nitrogens is 1. The van der Waals surface area contributed by atoms with E-state index in [-0.39, 0.29) is 17.8 Å². The van der Waals surface area contributed by atoms with Gasteiger partial charge in [0.1, 0.15) is 5.82 Å². The SMILES string of the molecule is NC(=O)c1ccc2c(c1)CCO[C@H]2CCN1CC=C(c2c[nH]c3cc(F)ccc23)CC1. The number of nitrogens with one attached hydrogen (secondary N) is 1. The molecular weight excluding hydrogens is 393 g/mol. The lowest BCUT2D eigenvalue weighted by atomic mass is 9.93. The number of hydrogen-bond donors (Lipinski definition) is 2. The molecule has 1 atom stereocenters. The first-order valence-electron chi connectivity index (χ1n) is 10.8. The zero-order chi connectivity index (χ0) is 21.4. The van der Waals surface area contributed by atoms with Gasteiger partial charge in [0.05, 0.1) is 12.7 Å². The van der Waals surface area contributed by atoms with Crippen molar-refractivity contribution in [2.45, 2.75) is 25.4 Å². The average Bonchev–Trinajstić information content (AvgIpc) is 3.20. The van der Waals surface area contributed by atoms with Crippen molar-refractivity contribution < 1.29 is 13.9 Å². The van der Waals surface area contributed by atoms with Crippen LogP contribution in [0.15, 0.2) is 48.7 Å². The maximum atomic E-state index is 13.5. The Morgan fingerprint density at radius 1 is 1.23 bits per heavy atom. The molecule has 5 rings (SSSR count). The Kier molecular flexibility index (Phi) is 5.34. The van der Waals surface area contributed by atoms with E-state index in [1.54, 1.807) is 12.1 Å². The number of benzene rings is 2. The van der Waals surface area contributed by atoms with E-state index in [4.69, 9.17) is 10.5 Å². The summed E-state index contributed by atoms with van der Waals surface area (Å²) in [6.07, 6.45) is 7.02. The minimum Gasteiger partial charge on any atom is -0.373 e. The van der Waals surface area contributed by atoms with Crippen molar-refractivity contribution in [3.8, 4) is 0 Å². The van der Waals surface area contributed by atoms with Gasteiger partial charge >= 0.3 is 0 Å². The molecule has 0 radical (unpaired) electrons. The Bertz CT molecular complexity index is 1170. The molecule has 3 aromatic rings. The third-order valence-electron chi connectivity index (χ3n) is 6.46. The van der Waals surface area contributed by atoms with Gasteiger partial charge in [-0.15, -0.1) is 0 Å². The molecule has 0 fully saturated rings. The van der Waals surface area contributed by atoms with Crippen LogP contribution in [0.5, 0.6) is 0 Å². The first-order chi connectivity index (χ1) is 15.1. The average molecular weight is 420 g/mol. The predicted octanol–water partition coefficient (Wildman–Crippen LogP) is 4.20. The molecule has 0 saturated heterocycles. The number of nitrogens with two attached hydrogens (primary N) is 1. The number of rotatable bonds is 5. The Labute approximate surface area is 180 Å². The third-order valence-corrected chi connectivity index (χ3v) is 6.46. The number of amides is 1. The second kappa shape index (κ2) is 8.29. The van der Waals surface area contributed by atoms with Crippen LogP contribution in [-0.2, 0) is 11.2 Å². The molecular formula is C25H26FN3O2. The number of nitrogens with zero attached hydrogens (tertiary/aromatic N) is 1. The summed E-state index contributed by atoms with van der Waals surface area (Å²) >= 11 is 0. The molecule has 0 unspecified atom stereocenters. The Balaban J connectivity index is 1.23. The molecule has 3 heterocycles. The van der Waals surface area contributed by atoms with Gasteiger partial charge in [-0.1, -0.05) is 12.1 Å². The maximum Gasteiger partial charge on any atom is 0.248 e. The predicted molar refractivity (Wildman–Crippen MR) is 119 cm³/mol. The van der Waals surface area contributed by atoms with Gasteiger partial charge in [0.25, 0.3) is 0 Å². The number of primary amides is 1. The van der Waals surface area contributed by atoms with Gasteiger partial charge in [-0.3, -0.25) is 9.69 Å². The van der Waals surface area contributed by atoms with Crippen LogP contribution in [0.25, 0.3) is 16.5 Å². The highest BCUT2D eigenvalue weighted by molar-refractivity contribution is 5.93. The summed E-state index contributed by atoms with van der Waals surface area (Å²) in [5, 5.41) is 1.07. The van der Waals surface area contributed by atoms with Crippen LogP contribution in [0.4, 0.5) is 4.39 Å². The van der Waals surface area contributed by atoms with Crippen LogP contribution < -0.4 is 5.73 Å². The minimum atomic E-state index is -0.387. The molecule has 2 aliphatic rings. The van der Waals surface area contributed by atoms with Crippen LogP contribution in [0, 0.1) is 5.82 Å². The largest absolute Gasteiger partial charge is 0.373 e. The van der Waals surface area contributed by atoms with Gasteiger partial charge < -0.3 is 15.5 Å². The number of halogens is 1. The van der Waals surface area contributed by atoms with Crippen LogP contribution in [-0.4, -0.2) is 42.0 Å². The molecule has 1 aromatic heterocycles. The van der Waals surface area contributed by atoms with Gasteiger partial charge in [-0.25, -0.2) is 4.39 Å². The second-order valence-corrected chi connectivity index (χ2v) is 8.35. The molecule has 5 nitrogen and oxygen atoms in total. The van der Waals surface area contributed by atoms with Crippen molar-refractivity contribution in [3.63, 3.8) is 0 Å². The van der Waals surface area contributed by atoms with Crippen molar-refractivity contribution in [2.24, 2.45) is 5.73 Å². The molecule has 1 amide bonds. The summed E-state index contributed by atoms with van der Waals surface area (Å²) in [5.41, 5.74) is 11.7. The Morgan fingerprint density at radius 2 is 2.13 bits per heavy atom. The number of aromatic nitrogens is 1. The summed E-state index contributed by atoms with van der Waals surface area (Å²) < 4.78 is 19.5. The second-order valence-electron chi connectivity index (χ2n) is 8.35. The fraction of sp³-hybridized carbons (Fsp3) is 0.320. The van der Waals surface area contributed by atoms with Gasteiger partial charge in [-0.05, 0) is 66.3 Å². The lowest BCUT2D eigenvalue weighted by Crippen LogP contribution is -2.31. The molecule has 6 heteroatoms. The lowest BCUT2D eigenvalue weighted by molar-refractivity contribution is 0.0299. The van der Waals surface area contributed by atoms with Gasteiger partial charge in [0.2, 0.25) is 5.91 Å². The number of fused-ring (bicyclic) bond motifs is 2. The van der Waals surface area contributed by atoms with Gasteiger partial charge in [-0.2, -0.15) is 0 Å². The minimum absolute atomic E-state index is 0.0552. The van der Waals surface area contributed by atoms with E-state index in [9.17, 15) is 9.18 Å². The standard InChI is InChI=1S/C25H26FN3O2/c26-19-2-4-21-22(15-28-23(21)14-19)16-5-9-29(10-6-16)11-7-24-20-3-1-18(25(27)30)13-17(20)8-12-31-24/h1-5,13-15,24,28H,6-12H2,(H2,27,30)/t24-/m0/s1. The van der Waals surface area contributed by atoms with E-state index in [0.717, 1.165) is 49.8 Å². The Hall–Kier alpha value is -2.96. The van der Waals surface area contributed by atoms with Crippen molar-refractivity contribution in [1.29, 1.82) is 0 Å². The van der Waals surface area contributed by atoms with Crippen LogP contribution in [0.2, 0.25) is 0 Å². The van der Waals surface area contributed by atoms with E-state index in [1.165, 1.54) is 28.3 Å². The van der Waals surface area contributed by atoms with Crippen LogP contribution >= 0.6 is 0 Å². The summed E-state index contributed by atoms with van der Waals surface area (Å²) in [7, 11) is 0. The van der Waals surface area contributed by atoms with E-state index in [0.29, 0.717) is 12.2 Å². The zero-order valence-corrected chi connectivity index (χ0v) is 17.4. The lowest BCUT2D eigenvalue weighted by Gasteiger charge is -2.31. The van der Waals surface area contributed by atoms with E-state index >= 15 is 0 Å². The highest BCUT2D eigenvalue weighted by Crippen LogP contribution is 2.32. The molecule has 0 saturated carbocycles. The van der Waals surface area contributed by atoms with Gasteiger partial charge in [0, 0.05) is 47.9 Å². The van der Waals surface area contributed by atoms with Crippen molar-refractivity contribution in [3.05, 3.63) is 76.7 Å². The third kappa shape index (κ3) is 4.01. The first kappa shape index (κ1) is 20.0. The highest BCUT2D eigenvalue weighted by atomic mass is 19.1. The molecule has 0 aliphatic carbocycles. The van der Waals surface area contributed by atoms with E-state index in [2.05, 4.69) is 16.0 Å². The van der Waals surface area contributed by atoms with Crippen molar-refractivity contribution in [2.75, 3.05) is 26.2 Å². The van der Waals surface area contributed by atoms with E-state index < -0.39 is 0 Å². The maximum absolute atomic E-state index is 13.5. The fourth-order valence-electron chi connectivity index (χ4n) is 4.75. The van der Waals surface area contributed by atoms with E-state index in [1.807, 2.05) is 24.4 Å². The summed E-state index contributed by atoms with van der Waals surface area (Å²) in [6.45, 7) is 3.50. The highest BCUT2D eigenvalue weighted by Gasteiger charge is 2.23. The van der Waals surface area contributed by atoms with Crippen molar-refractivity contribution in [1.82, 2.24) is 9.88 Å². The number of carbonyl (C=O) groups excluding carboxylic acids is 1. The first-order valence-corrected chi connectivity index (χ1v) is 10.8. The normalized spacial score (nSPS) is 19.3. The molecule has 2 aliphatic heterocycles. The van der Waals surface area contributed by atoms with Crippen molar-refractivity contribution >= 4 is 22.4 Å². The molecule has 31 heavy (non-hydrogen) atoms. The molecule has 3 N–H and O–H groups in total. The van der Waals surface area contributed by atoms with Crippen LogP contribution in [0.1, 0.15) is 46.0 Å².